The van der Waals surface area contributed by atoms with E-state index in [-0.39, 0.29) is 10.8 Å². The second-order valence-corrected chi connectivity index (χ2v) is 18.1. The Hall–Kier alpha value is -7.04. The van der Waals surface area contributed by atoms with Gasteiger partial charge in [-0.05, 0) is 111 Å². The number of hydrogen-bond donors (Lipinski definition) is 0. The van der Waals surface area contributed by atoms with Crippen molar-refractivity contribution in [3.63, 3.8) is 0 Å². The van der Waals surface area contributed by atoms with E-state index in [9.17, 15) is 0 Å². The van der Waals surface area contributed by atoms with Gasteiger partial charge in [-0.3, -0.25) is 4.57 Å². The number of para-hydroxylation sites is 3. The lowest BCUT2D eigenvalue weighted by molar-refractivity contribution is 0.332. The molecule has 0 saturated carbocycles. The van der Waals surface area contributed by atoms with Gasteiger partial charge in [-0.25, -0.2) is 9.97 Å². The third-order valence-corrected chi connectivity index (χ3v) is 13.5. The maximum Gasteiger partial charge on any atom is 0.165 e. The Kier molecular flexibility index (Phi) is 7.41. The highest BCUT2D eigenvalue weighted by Crippen LogP contribution is 2.50. The summed E-state index contributed by atoms with van der Waals surface area (Å²) in [6.45, 7) is 9.72. The van der Waals surface area contributed by atoms with Gasteiger partial charge < -0.3 is 4.57 Å². The van der Waals surface area contributed by atoms with Gasteiger partial charge in [0.25, 0.3) is 0 Å². The highest BCUT2D eigenvalue weighted by Gasteiger charge is 2.38. The Morgan fingerprint density at radius 3 is 1.83 bits per heavy atom. The third kappa shape index (κ3) is 5.10. The second-order valence-electron chi connectivity index (χ2n) is 18.1. The van der Waals surface area contributed by atoms with E-state index in [1.807, 2.05) is 6.07 Å². The maximum atomic E-state index is 5.56. The van der Waals surface area contributed by atoms with Crippen LogP contribution >= 0.6 is 0 Å². The van der Waals surface area contributed by atoms with Gasteiger partial charge >= 0.3 is 0 Å². The number of aromatic nitrogens is 4. The molecule has 60 heavy (non-hydrogen) atoms. The van der Waals surface area contributed by atoms with Crippen LogP contribution < -0.4 is 0 Å². The van der Waals surface area contributed by atoms with Gasteiger partial charge in [0, 0.05) is 32.8 Å². The van der Waals surface area contributed by atoms with E-state index >= 15 is 0 Å². The highest BCUT2D eigenvalue weighted by atomic mass is 15.1. The second kappa shape index (κ2) is 12.7. The van der Waals surface area contributed by atoms with Gasteiger partial charge in [-0.15, -0.1) is 0 Å². The lowest BCUT2D eigenvalue weighted by atomic mass is 9.63. The smallest absolute Gasteiger partial charge is 0.165 e. The normalized spacial score (nSPS) is 14.8. The Morgan fingerprint density at radius 2 is 1.05 bits per heavy atom. The lowest BCUT2D eigenvalue weighted by Gasteiger charge is -2.42. The summed E-state index contributed by atoms with van der Waals surface area (Å²) < 4.78 is 4.94. The fraction of sp³-hybridized carbons (Fsp3) is 0.143. The summed E-state index contributed by atoms with van der Waals surface area (Å²) in [5, 5.41) is 7.43. The number of hydrogen-bond acceptors (Lipinski definition) is 2. The average Bonchev–Trinajstić information content (AvgIpc) is 3.80. The quantitative estimate of drug-likeness (QED) is 0.179. The van der Waals surface area contributed by atoms with Crippen LogP contribution in [0.25, 0.3) is 99.3 Å². The minimum absolute atomic E-state index is 0.0710. The third-order valence-electron chi connectivity index (χ3n) is 13.5. The largest absolute Gasteiger partial charge is 0.309 e. The first-order valence-electron chi connectivity index (χ1n) is 21.2. The molecule has 0 amide bonds. The first kappa shape index (κ1) is 35.0. The van der Waals surface area contributed by atoms with Crippen LogP contribution in [-0.4, -0.2) is 19.1 Å². The van der Waals surface area contributed by atoms with Crippen molar-refractivity contribution >= 4 is 65.4 Å². The zero-order valence-corrected chi connectivity index (χ0v) is 34.4. The molecule has 1 aliphatic rings. The molecule has 0 saturated heterocycles. The molecule has 1 aliphatic carbocycles. The maximum absolute atomic E-state index is 5.56. The molecule has 0 aliphatic heterocycles. The van der Waals surface area contributed by atoms with Crippen molar-refractivity contribution in [1.29, 1.82) is 0 Å². The zero-order chi connectivity index (χ0) is 40.3. The molecule has 0 radical (unpaired) electrons. The lowest BCUT2D eigenvalue weighted by Crippen LogP contribution is -2.33. The molecule has 0 spiro atoms. The summed E-state index contributed by atoms with van der Waals surface area (Å²) in [7, 11) is 0. The van der Waals surface area contributed by atoms with E-state index in [2.05, 4.69) is 201 Å². The Morgan fingerprint density at radius 1 is 0.433 bits per heavy atom. The van der Waals surface area contributed by atoms with Crippen LogP contribution in [0.5, 0.6) is 0 Å². The molecule has 3 heterocycles. The molecule has 0 N–H and O–H groups in total. The summed E-state index contributed by atoms with van der Waals surface area (Å²) in [5.41, 5.74) is 14.8. The van der Waals surface area contributed by atoms with E-state index in [0.717, 1.165) is 56.8 Å². The van der Waals surface area contributed by atoms with Crippen LogP contribution in [0.2, 0.25) is 0 Å². The van der Waals surface area contributed by atoms with Gasteiger partial charge in [0.15, 0.2) is 5.82 Å². The standard InChI is InChI=1S/C56H44N4/c1-55(2)30-31-56(3,4)44-34-49-42(33-43(44)55)41-27-29-48-51(53(41)59(49)39-21-9-6-10-22-39)50-40-23-12-11-18-36(40)26-28-47(50)60(48)54-52(57-45-24-13-14-25-46(45)58-54)38-20-15-19-37(32-38)35-16-7-5-8-17-35/h5-29,32-34H,30-31H2,1-4H3. The summed E-state index contributed by atoms with van der Waals surface area (Å²) >= 11 is 0. The van der Waals surface area contributed by atoms with Gasteiger partial charge in [0.1, 0.15) is 5.69 Å². The molecule has 4 heteroatoms. The van der Waals surface area contributed by atoms with E-state index in [4.69, 9.17) is 9.97 Å². The number of benzene rings is 8. The molecular weight excluding hydrogens is 729 g/mol. The summed E-state index contributed by atoms with van der Waals surface area (Å²) in [6, 6.07) is 61.8. The van der Waals surface area contributed by atoms with Crippen LogP contribution in [0.1, 0.15) is 51.7 Å². The molecule has 0 fully saturated rings. The van der Waals surface area contributed by atoms with Gasteiger partial charge in [0.05, 0.1) is 33.1 Å². The van der Waals surface area contributed by atoms with Crippen LogP contribution in [0.4, 0.5) is 0 Å². The van der Waals surface area contributed by atoms with Gasteiger partial charge in [0.2, 0.25) is 0 Å². The van der Waals surface area contributed by atoms with E-state index in [1.165, 1.54) is 66.5 Å². The highest BCUT2D eigenvalue weighted by molar-refractivity contribution is 6.31. The Bertz CT molecular complexity index is 3530. The molecular formula is C56H44N4. The number of fused-ring (bicyclic) bond motifs is 11. The van der Waals surface area contributed by atoms with Crippen molar-refractivity contribution in [3.05, 3.63) is 181 Å². The van der Waals surface area contributed by atoms with Crippen molar-refractivity contribution in [2.75, 3.05) is 0 Å². The van der Waals surface area contributed by atoms with Crippen LogP contribution in [-0.2, 0) is 10.8 Å². The zero-order valence-electron chi connectivity index (χ0n) is 34.4. The van der Waals surface area contributed by atoms with Gasteiger partial charge in [-0.2, -0.15) is 0 Å². The van der Waals surface area contributed by atoms with Crippen molar-refractivity contribution in [3.8, 4) is 33.9 Å². The Balaban J connectivity index is 1.27. The van der Waals surface area contributed by atoms with Crippen molar-refractivity contribution in [2.24, 2.45) is 0 Å². The molecule has 3 aromatic heterocycles. The first-order chi connectivity index (χ1) is 29.2. The summed E-state index contributed by atoms with van der Waals surface area (Å²) in [5.74, 6) is 0.815. The number of nitrogens with zero attached hydrogens (tertiary/aromatic N) is 4. The van der Waals surface area contributed by atoms with Crippen molar-refractivity contribution in [2.45, 2.75) is 51.4 Å². The fourth-order valence-corrected chi connectivity index (χ4v) is 10.3. The minimum atomic E-state index is 0.0710. The first-order valence-corrected chi connectivity index (χ1v) is 21.2. The predicted molar refractivity (Wildman–Crippen MR) is 252 cm³/mol. The molecule has 11 aromatic rings. The molecule has 8 aromatic carbocycles. The summed E-state index contributed by atoms with van der Waals surface area (Å²) in [4.78, 5) is 11.0. The molecule has 0 bridgehead atoms. The summed E-state index contributed by atoms with van der Waals surface area (Å²) in [6.07, 6.45) is 2.33. The van der Waals surface area contributed by atoms with E-state index in [0.29, 0.717) is 0 Å². The van der Waals surface area contributed by atoms with Crippen molar-refractivity contribution in [1.82, 2.24) is 19.1 Å². The monoisotopic (exact) mass is 772 g/mol. The van der Waals surface area contributed by atoms with Gasteiger partial charge in [-0.1, -0.05) is 143 Å². The van der Waals surface area contributed by atoms with Crippen LogP contribution in [0.3, 0.4) is 0 Å². The number of rotatable bonds is 4. The molecule has 0 unspecified atom stereocenters. The van der Waals surface area contributed by atoms with E-state index in [1.54, 1.807) is 0 Å². The molecule has 0 atom stereocenters. The predicted octanol–water partition coefficient (Wildman–Crippen LogP) is 14.7. The molecule has 12 rings (SSSR count). The minimum Gasteiger partial charge on any atom is -0.309 e. The molecule has 4 nitrogen and oxygen atoms in total. The average molecular weight is 773 g/mol. The topological polar surface area (TPSA) is 35.6 Å². The fourth-order valence-electron chi connectivity index (χ4n) is 10.3. The van der Waals surface area contributed by atoms with E-state index < -0.39 is 0 Å². The molecule has 288 valence electrons. The van der Waals surface area contributed by atoms with Crippen LogP contribution in [0.15, 0.2) is 170 Å². The Labute approximate surface area is 349 Å². The van der Waals surface area contributed by atoms with Crippen molar-refractivity contribution < 1.29 is 0 Å². The van der Waals surface area contributed by atoms with Crippen LogP contribution in [0, 0.1) is 0 Å². The SMILES string of the molecule is CC1(C)CCC(C)(C)c2cc3c(cc21)c1ccc2c(c4c5ccccc5ccc4n2-c2nc4ccccc4nc2-c2cccc(-c4ccccc4)c2)c1n3-c1ccccc1.